The van der Waals surface area contributed by atoms with Gasteiger partial charge in [-0.05, 0) is 37.3 Å². The quantitative estimate of drug-likeness (QED) is 0.797. The van der Waals surface area contributed by atoms with Gasteiger partial charge in [0, 0.05) is 11.4 Å². The van der Waals surface area contributed by atoms with Gasteiger partial charge in [-0.2, -0.15) is 0 Å². The van der Waals surface area contributed by atoms with Gasteiger partial charge in [-0.1, -0.05) is 18.2 Å². The molecule has 3 N–H and O–H groups in total. The van der Waals surface area contributed by atoms with E-state index < -0.39 is 6.10 Å². The molecule has 0 fully saturated rings. The van der Waals surface area contributed by atoms with Crippen LogP contribution in [0.5, 0.6) is 5.75 Å². The van der Waals surface area contributed by atoms with Crippen molar-refractivity contribution in [2.24, 2.45) is 0 Å². The van der Waals surface area contributed by atoms with Gasteiger partial charge >= 0.3 is 6.03 Å². The van der Waals surface area contributed by atoms with Crippen LogP contribution in [0.1, 0.15) is 6.92 Å². The highest BCUT2D eigenvalue weighted by Crippen LogP contribution is 2.32. The monoisotopic (exact) mass is 297 g/mol. The van der Waals surface area contributed by atoms with Crippen LogP contribution in [0.4, 0.5) is 21.9 Å². The number of nitrogens with one attached hydrogen (secondary N) is 3. The van der Waals surface area contributed by atoms with Crippen LogP contribution < -0.4 is 20.7 Å². The summed E-state index contributed by atoms with van der Waals surface area (Å²) in [6, 6.07) is 13.9. The first-order valence-electron chi connectivity index (χ1n) is 6.86. The minimum atomic E-state index is -0.521. The maximum atomic E-state index is 11.9. The smallest absolute Gasteiger partial charge is 0.323 e. The summed E-state index contributed by atoms with van der Waals surface area (Å²) in [5.74, 6) is 0.375. The molecule has 0 aromatic heterocycles. The lowest BCUT2D eigenvalue weighted by atomic mass is 10.2. The van der Waals surface area contributed by atoms with Crippen LogP contribution in [0.3, 0.4) is 0 Å². The molecule has 0 saturated carbocycles. The number of hydrogen-bond donors (Lipinski definition) is 3. The highest BCUT2D eigenvalue weighted by Gasteiger charge is 2.23. The third-order valence-electron chi connectivity index (χ3n) is 3.20. The molecule has 6 heteroatoms. The lowest BCUT2D eigenvalue weighted by Gasteiger charge is -2.23. The van der Waals surface area contributed by atoms with Crippen LogP contribution in [-0.2, 0) is 4.79 Å². The minimum absolute atomic E-state index is 0.210. The summed E-state index contributed by atoms with van der Waals surface area (Å²) in [6.07, 6.45) is -0.521. The van der Waals surface area contributed by atoms with Crippen molar-refractivity contribution < 1.29 is 14.3 Å². The fourth-order valence-electron chi connectivity index (χ4n) is 2.10. The van der Waals surface area contributed by atoms with Crippen LogP contribution in [-0.4, -0.2) is 18.0 Å². The van der Waals surface area contributed by atoms with E-state index >= 15 is 0 Å². The van der Waals surface area contributed by atoms with Crippen molar-refractivity contribution >= 4 is 29.0 Å². The van der Waals surface area contributed by atoms with E-state index in [9.17, 15) is 9.59 Å². The van der Waals surface area contributed by atoms with Gasteiger partial charge in [0.05, 0.1) is 5.69 Å². The first-order chi connectivity index (χ1) is 10.6. The summed E-state index contributed by atoms with van der Waals surface area (Å²) in [5, 5.41) is 8.16. The Hall–Kier alpha value is -3.02. The zero-order valence-corrected chi connectivity index (χ0v) is 11.9. The van der Waals surface area contributed by atoms with Gasteiger partial charge in [0.1, 0.15) is 5.75 Å². The predicted octanol–water partition coefficient (Wildman–Crippen LogP) is 3.05. The van der Waals surface area contributed by atoms with Crippen molar-refractivity contribution in [2.45, 2.75) is 13.0 Å². The molecule has 0 spiro atoms. The van der Waals surface area contributed by atoms with E-state index in [4.69, 9.17) is 4.74 Å². The molecule has 3 amide bonds. The van der Waals surface area contributed by atoms with Crippen molar-refractivity contribution in [3.63, 3.8) is 0 Å². The zero-order valence-electron chi connectivity index (χ0n) is 11.9. The number of carbonyl (C=O) groups excluding carboxylic acids is 2. The Bertz CT molecular complexity index is 716. The molecule has 2 aromatic rings. The van der Waals surface area contributed by atoms with Gasteiger partial charge < -0.3 is 20.7 Å². The number of carbonyl (C=O) groups is 2. The van der Waals surface area contributed by atoms with Gasteiger partial charge in [-0.25, -0.2) is 4.79 Å². The highest BCUT2D eigenvalue weighted by molar-refractivity contribution is 6.02. The molecule has 1 aliphatic heterocycles. The molecule has 0 saturated heterocycles. The summed E-state index contributed by atoms with van der Waals surface area (Å²) < 4.78 is 5.46. The van der Waals surface area contributed by atoms with Gasteiger partial charge in [0.15, 0.2) is 6.10 Å². The first kappa shape index (κ1) is 13.9. The molecule has 22 heavy (non-hydrogen) atoms. The van der Waals surface area contributed by atoms with Crippen LogP contribution in [0.15, 0.2) is 48.5 Å². The fourth-order valence-corrected chi connectivity index (χ4v) is 2.10. The molecule has 1 atom stereocenters. The van der Waals surface area contributed by atoms with Crippen molar-refractivity contribution in [3.8, 4) is 5.75 Å². The molecule has 0 bridgehead atoms. The largest absolute Gasteiger partial charge is 0.479 e. The summed E-state index contributed by atoms with van der Waals surface area (Å²) in [4.78, 5) is 23.5. The lowest BCUT2D eigenvalue weighted by molar-refractivity contribution is -0.122. The van der Waals surface area contributed by atoms with Gasteiger partial charge in [0.25, 0.3) is 5.91 Å². The van der Waals surface area contributed by atoms with Crippen LogP contribution in [0.2, 0.25) is 0 Å². The second-order valence-electron chi connectivity index (χ2n) is 4.91. The standard InChI is InChI=1S/C16H15N3O3/c1-10-15(20)19-13-9-12(7-8-14(13)22-10)18-16(21)17-11-5-3-2-4-6-11/h2-10H,1H3,(H,19,20)(H2,17,18,21). The number of anilines is 3. The Morgan fingerprint density at radius 2 is 1.82 bits per heavy atom. The molecule has 6 nitrogen and oxygen atoms in total. The number of amides is 3. The second kappa shape index (κ2) is 5.77. The van der Waals surface area contributed by atoms with E-state index in [-0.39, 0.29) is 11.9 Å². The fraction of sp³-hybridized carbons (Fsp3) is 0.125. The normalized spacial score (nSPS) is 16.0. The van der Waals surface area contributed by atoms with Crippen LogP contribution in [0.25, 0.3) is 0 Å². The number of ether oxygens (including phenoxy) is 1. The van der Waals surface area contributed by atoms with Crippen molar-refractivity contribution in [1.82, 2.24) is 0 Å². The number of urea groups is 1. The van der Waals surface area contributed by atoms with Gasteiger partial charge in [-0.3, -0.25) is 4.79 Å². The number of rotatable bonds is 2. The Balaban J connectivity index is 1.70. The number of hydrogen-bond acceptors (Lipinski definition) is 3. The summed E-state index contributed by atoms with van der Waals surface area (Å²) in [5.41, 5.74) is 1.80. The van der Waals surface area contributed by atoms with E-state index in [2.05, 4.69) is 16.0 Å². The summed E-state index contributed by atoms with van der Waals surface area (Å²) in [6.45, 7) is 1.68. The predicted molar refractivity (Wildman–Crippen MR) is 84.2 cm³/mol. The van der Waals surface area contributed by atoms with E-state index in [1.807, 2.05) is 18.2 Å². The van der Waals surface area contributed by atoms with E-state index in [1.54, 1.807) is 37.3 Å². The van der Waals surface area contributed by atoms with E-state index in [0.29, 0.717) is 22.8 Å². The Morgan fingerprint density at radius 3 is 2.59 bits per heavy atom. The molecule has 1 unspecified atom stereocenters. The third-order valence-corrected chi connectivity index (χ3v) is 3.20. The maximum Gasteiger partial charge on any atom is 0.323 e. The molecule has 112 valence electrons. The highest BCUT2D eigenvalue weighted by atomic mass is 16.5. The minimum Gasteiger partial charge on any atom is -0.479 e. The molecule has 2 aromatic carbocycles. The Morgan fingerprint density at radius 1 is 1.09 bits per heavy atom. The lowest BCUT2D eigenvalue weighted by Crippen LogP contribution is -2.34. The van der Waals surface area contributed by atoms with Crippen molar-refractivity contribution in [3.05, 3.63) is 48.5 Å². The Kier molecular flexibility index (Phi) is 3.65. The number of benzene rings is 2. The molecule has 3 rings (SSSR count). The zero-order chi connectivity index (χ0) is 15.5. The molecule has 0 radical (unpaired) electrons. The summed E-state index contributed by atoms with van der Waals surface area (Å²) >= 11 is 0. The van der Waals surface area contributed by atoms with Crippen molar-refractivity contribution in [1.29, 1.82) is 0 Å². The Labute approximate surface area is 127 Å². The number of fused-ring (bicyclic) bond motifs is 1. The molecule has 0 aliphatic carbocycles. The van der Waals surface area contributed by atoms with Crippen LogP contribution >= 0.6 is 0 Å². The molecular formula is C16H15N3O3. The number of para-hydroxylation sites is 1. The van der Waals surface area contributed by atoms with Gasteiger partial charge in [-0.15, -0.1) is 0 Å². The maximum absolute atomic E-state index is 11.9. The van der Waals surface area contributed by atoms with Crippen LogP contribution in [0, 0.1) is 0 Å². The third kappa shape index (κ3) is 3.01. The first-order valence-corrected chi connectivity index (χ1v) is 6.86. The topological polar surface area (TPSA) is 79.5 Å². The second-order valence-corrected chi connectivity index (χ2v) is 4.91. The van der Waals surface area contributed by atoms with E-state index in [1.165, 1.54) is 0 Å². The van der Waals surface area contributed by atoms with Gasteiger partial charge in [0.2, 0.25) is 0 Å². The van der Waals surface area contributed by atoms with E-state index in [0.717, 1.165) is 0 Å². The molecule has 1 heterocycles. The van der Waals surface area contributed by atoms with Crippen molar-refractivity contribution in [2.75, 3.05) is 16.0 Å². The summed E-state index contributed by atoms with van der Waals surface area (Å²) in [7, 11) is 0. The molecular weight excluding hydrogens is 282 g/mol. The average molecular weight is 297 g/mol. The molecule has 1 aliphatic rings. The average Bonchev–Trinajstić information content (AvgIpc) is 2.49. The SMILES string of the molecule is CC1Oc2ccc(NC(=O)Nc3ccccc3)cc2NC1=O.